The van der Waals surface area contributed by atoms with Crippen LogP contribution < -0.4 is 0 Å². The number of carbonyl (C=O) groups excluding carboxylic acids is 1. The zero-order valence-corrected chi connectivity index (χ0v) is 18.5. The normalized spacial score (nSPS) is 22.2. The molecule has 0 radical (unpaired) electrons. The van der Waals surface area contributed by atoms with Crippen LogP contribution in [-0.4, -0.2) is 51.4 Å². The number of allylic oxidation sites excluding steroid dienone is 2. The first-order chi connectivity index (χ1) is 14.4. The number of benzene rings is 1. The fraction of sp³-hybridized carbons (Fsp3) is 0.500. The maximum Gasteiger partial charge on any atom is 0.362 e. The second kappa shape index (κ2) is 10.0. The first-order valence-electron chi connectivity index (χ1n) is 10.4. The van der Waals surface area contributed by atoms with Gasteiger partial charge in [-0.2, -0.15) is 8.42 Å². The molecule has 1 aromatic carbocycles. The SMILES string of the molecule is CN1C=C(C2CCCCC2CCN(C)C(=O)N=NS(=O)(=O)c2ccccc2)C=CC1. The summed E-state index contributed by atoms with van der Waals surface area (Å²) >= 11 is 0. The van der Waals surface area contributed by atoms with Crippen LogP contribution in [0.3, 0.4) is 0 Å². The predicted molar refractivity (Wildman–Crippen MR) is 116 cm³/mol. The number of urea groups is 1. The molecule has 8 heteroatoms. The Hall–Kier alpha value is -2.48. The van der Waals surface area contributed by atoms with Gasteiger partial charge in [0.05, 0.1) is 4.90 Å². The second-order valence-electron chi connectivity index (χ2n) is 8.08. The largest absolute Gasteiger partial charge is 0.376 e. The highest BCUT2D eigenvalue weighted by molar-refractivity contribution is 7.90. The smallest absolute Gasteiger partial charge is 0.362 e. The van der Waals surface area contributed by atoms with Gasteiger partial charge >= 0.3 is 6.03 Å². The Balaban J connectivity index is 1.58. The Kier molecular flexibility index (Phi) is 7.42. The Bertz CT molecular complexity index is 925. The summed E-state index contributed by atoms with van der Waals surface area (Å²) in [4.78, 5) is 16.0. The summed E-state index contributed by atoms with van der Waals surface area (Å²) < 4.78 is 27.6. The first kappa shape index (κ1) is 22.2. The molecule has 3 rings (SSSR count). The first-order valence-corrected chi connectivity index (χ1v) is 11.9. The highest BCUT2D eigenvalue weighted by atomic mass is 32.2. The van der Waals surface area contributed by atoms with Gasteiger partial charge in [0, 0.05) is 33.4 Å². The molecule has 0 saturated heterocycles. The van der Waals surface area contributed by atoms with Crippen molar-refractivity contribution in [2.24, 2.45) is 21.5 Å². The molecule has 1 saturated carbocycles. The quantitative estimate of drug-likeness (QED) is 0.624. The van der Waals surface area contributed by atoms with E-state index in [1.165, 1.54) is 41.9 Å². The highest BCUT2D eigenvalue weighted by Gasteiger charge is 2.28. The molecular weight excluding hydrogens is 400 g/mol. The lowest BCUT2D eigenvalue weighted by Crippen LogP contribution is -2.30. The van der Waals surface area contributed by atoms with Gasteiger partial charge in [-0.3, -0.25) is 0 Å². The van der Waals surface area contributed by atoms with Crippen molar-refractivity contribution in [3.8, 4) is 0 Å². The van der Waals surface area contributed by atoms with Crippen molar-refractivity contribution in [3.05, 3.63) is 54.3 Å². The van der Waals surface area contributed by atoms with Crippen LogP contribution in [0.4, 0.5) is 4.79 Å². The van der Waals surface area contributed by atoms with Crippen LogP contribution in [0.15, 0.2) is 68.8 Å². The molecular formula is C22H30N4O3S. The molecule has 1 heterocycles. The van der Waals surface area contributed by atoms with Crippen molar-refractivity contribution >= 4 is 16.1 Å². The summed E-state index contributed by atoms with van der Waals surface area (Å²) in [7, 11) is -0.235. The molecule has 2 atom stereocenters. The van der Waals surface area contributed by atoms with Gasteiger partial charge in [0.2, 0.25) is 0 Å². The zero-order valence-electron chi connectivity index (χ0n) is 17.6. The van der Waals surface area contributed by atoms with Crippen molar-refractivity contribution in [3.63, 3.8) is 0 Å². The van der Waals surface area contributed by atoms with Gasteiger partial charge in [-0.1, -0.05) is 48.3 Å². The number of likely N-dealkylation sites (N-methyl/N-ethyl adjacent to an activating group) is 1. The molecule has 0 spiro atoms. The van der Waals surface area contributed by atoms with Crippen LogP contribution in [-0.2, 0) is 10.0 Å². The fourth-order valence-corrected chi connectivity index (χ4v) is 4.95. The molecule has 162 valence electrons. The molecule has 2 unspecified atom stereocenters. The minimum Gasteiger partial charge on any atom is -0.376 e. The Morgan fingerprint density at radius 2 is 1.93 bits per heavy atom. The average Bonchev–Trinajstić information content (AvgIpc) is 2.76. The minimum atomic E-state index is -3.96. The number of amides is 2. The maximum atomic E-state index is 12.3. The van der Waals surface area contributed by atoms with Crippen molar-refractivity contribution in [2.45, 2.75) is 37.0 Å². The molecule has 0 N–H and O–H groups in total. The molecule has 1 aliphatic heterocycles. The summed E-state index contributed by atoms with van der Waals surface area (Å²) in [6, 6.07) is 7.13. The van der Waals surface area contributed by atoms with Crippen LogP contribution in [0, 0.1) is 11.8 Å². The van der Waals surface area contributed by atoms with E-state index in [0.717, 1.165) is 19.4 Å². The third kappa shape index (κ3) is 5.78. The van der Waals surface area contributed by atoms with Crippen molar-refractivity contribution < 1.29 is 13.2 Å². The van der Waals surface area contributed by atoms with E-state index in [2.05, 4.69) is 39.9 Å². The topological polar surface area (TPSA) is 82.4 Å². The monoisotopic (exact) mass is 430 g/mol. The van der Waals surface area contributed by atoms with Crippen molar-refractivity contribution in [1.29, 1.82) is 0 Å². The maximum absolute atomic E-state index is 12.3. The number of hydrogen-bond acceptors (Lipinski definition) is 4. The third-order valence-electron chi connectivity index (χ3n) is 5.85. The molecule has 7 nitrogen and oxygen atoms in total. The number of nitrogens with zero attached hydrogens (tertiary/aromatic N) is 4. The Morgan fingerprint density at radius 1 is 1.20 bits per heavy atom. The van der Waals surface area contributed by atoms with E-state index in [1.54, 1.807) is 25.2 Å². The van der Waals surface area contributed by atoms with Crippen LogP contribution in [0.5, 0.6) is 0 Å². The molecule has 2 aliphatic rings. The fourth-order valence-electron chi connectivity index (χ4n) is 4.18. The third-order valence-corrected chi connectivity index (χ3v) is 7.01. The second-order valence-corrected chi connectivity index (χ2v) is 9.67. The molecule has 30 heavy (non-hydrogen) atoms. The van der Waals surface area contributed by atoms with Crippen molar-refractivity contribution in [2.75, 3.05) is 27.2 Å². The molecule has 0 aromatic heterocycles. The van der Waals surface area contributed by atoms with E-state index in [0.29, 0.717) is 18.4 Å². The van der Waals surface area contributed by atoms with E-state index in [1.807, 2.05) is 0 Å². The van der Waals surface area contributed by atoms with E-state index in [9.17, 15) is 13.2 Å². The molecule has 2 amide bonds. The van der Waals surface area contributed by atoms with Crippen LogP contribution in [0.2, 0.25) is 0 Å². The number of hydrogen-bond donors (Lipinski definition) is 0. The number of rotatable bonds is 6. The number of sulfonamides is 1. The molecule has 1 aliphatic carbocycles. The average molecular weight is 431 g/mol. The summed E-state index contributed by atoms with van der Waals surface area (Å²) in [5.74, 6) is 1.00. The lowest BCUT2D eigenvalue weighted by Gasteiger charge is -2.35. The Morgan fingerprint density at radius 3 is 2.67 bits per heavy atom. The zero-order chi connectivity index (χ0) is 21.6. The lowest BCUT2D eigenvalue weighted by molar-refractivity contribution is 0.200. The van der Waals surface area contributed by atoms with Gasteiger partial charge in [0.25, 0.3) is 10.0 Å². The predicted octanol–water partition coefficient (Wildman–Crippen LogP) is 4.46. The molecule has 0 bridgehead atoms. The summed E-state index contributed by atoms with van der Waals surface area (Å²) in [6.07, 6.45) is 12.3. The van der Waals surface area contributed by atoms with Crippen LogP contribution in [0.25, 0.3) is 0 Å². The van der Waals surface area contributed by atoms with E-state index >= 15 is 0 Å². The van der Waals surface area contributed by atoms with Gasteiger partial charge in [0.15, 0.2) is 0 Å². The number of carbonyl (C=O) groups is 1. The molecule has 1 fully saturated rings. The van der Waals surface area contributed by atoms with Gasteiger partial charge in [-0.25, -0.2) is 4.79 Å². The van der Waals surface area contributed by atoms with Gasteiger partial charge in [-0.15, -0.1) is 0 Å². The summed E-state index contributed by atoms with van der Waals surface area (Å²) in [6.45, 7) is 1.46. The lowest BCUT2D eigenvalue weighted by atomic mass is 9.73. The van der Waals surface area contributed by atoms with Crippen LogP contribution in [0.1, 0.15) is 32.1 Å². The van der Waals surface area contributed by atoms with Crippen molar-refractivity contribution in [1.82, 2.24) is 9.80 Å². The van der Waals surface area contributed by atoms with Crippen LogP contribution >= 0.6 is 0 Å². The van der Waals surface area contributed by atoms with Gasteiger partial charge < -0.3 is 9.80 Å². The van der Waals surface area contributed by atoms with E-state index in [4.69, 9.17) is 0 Å². The summed E-state index contributed by atoms with van der Waals surface area (Å²) in [5.41, 5.74) is 1.37. The Labute approximate surface area is 179 Å². The summed E-state index contributed by atoms with van der Waals surface area (Å²) in [5, 5.41) is 3.45. The minimum absolute atomic E-state index is 0.0213. The van der Waals surface area contributed by atoms with E-state index < -0.39 is 16.1 Å². The van der Waals surface area contributed by atoms with Gasteiger partial charge in [-0.05, 0) is 53.3 Å². The highest BCUT2D eigenvalue weighted by Crippen LogP contribution is 2.38. The standard InChI is InChI=1S/C22H30N4O3S/c1-25-15-8-10-19(17-25)21-13-7-6-9-18(21)14-16-26(2)22(27)23-24-30(28,29)20-11-4-3-5-12-20/h3-5,8,10-12,17-18,21H,6-7,9,13-16H2,1-2H3. The van der Waals surface area contributed by atoms with Gasteiger partial charge in [0.1, 0.15) is 0 Å². The van der Waals surface area contributed by atoms with E-state index in [-0.39, 0.29) is 4.90 Å². The molecule has 1 aromatic rings.